The fraction of sp³-hybridized carbons (Fsp3) is 0.0833. The maximum absolute atomic E-state index is 14.0. The molecule has 0 saturated carbocycles. The molecular weight excluding hydrogens is 273 g/mol. The standard InChI is InChI=1S/C12H9ClFN3O2/c1-19-12(18)11-7(13)9(15)8(14)10(17-11)6-3-2-4-16-5-6/h2-5H,1H3,(H2,15,17). The van der Waals surface area contributed by atoms with Crippen molar-refractivity contribution in [3.8, 4) is 11.3 Å². The zero-order valence-corrected chi connectivity index (χ0v) is 10.6. The van der Waals surface area contributed by atoms with Crippen molar-refractivity contribution < 1.29 is 13.9 Å². The van der Waals surface area contributed by atoms with Gasteiger partial charge in [0, 0.05) is 18.0 Å². The number of pyridine rings is 2. The summed E-state index contributed by atoms with van der Waals surface area (Å²) in [7, 11) is 1.17. The number of methoxy groups -OCH3 is 1. The number of carbonyl (C=O) groups excluding carboxylic acids is 1. The van der Waals surface area contributed by atoms with Crippen molar-refractivity contribution in [2.75, 3.05) is 12.8 Å². The highest BCUT2D eigenvalue weighted by Gasteiger charge is 2.22. The van der Waals surface area contributed by atoms with Crippen molar-refractivity contribution in [2.24, 2.45) is 0 Å². The number of esters is 1. The Morgan fingerprint density at radius 2 is 2.26 bits per heavy atom. The number of nitrogen functional groups attached to an aromatic ring is 1. The molecule has 2 heterocycles. The number of ether oxygens (including phenoxy) is 1. The van der Waals surface area contributed by atoms with Gasteiger partial charge in [-0.15, -0.1) is 0 Å². The minimum absolute atomic E-state index is 0.101. The normalized spacial score (nSPS) is 10.3. The molecule has 0 saturated heterocycles. The second-order valence-electron chi connectivity index (χ2n) is 3.58. The Labute approximate surface area is 113 Å². The van der Waals surface area contributed by atoms with Gasteiger partial charge in [-0.1, -0.05) is 11.6 Å². The molecule has 0 amide bonds. The van der Waals surface area contributed by atoms with Crippen molar-refractivity contribution in [3.05, 3.63) is 41.1 Å². The molecule has 5 nitrogen and oxygen atoms in total. The van der Waals surface area contributed by atoms with Crippen LogP contribution in [0.1, 0.15) is 10.5 Å². The lowest BCUT2D eigenvalue weighted by Crippen LogP contribution is -2.10. The van der Waals surface area contributed by atoms with Gasteiger partial charge in [0.25, 0.3) is 0 Å². The van der Waals surface area contributed by atoms with E-state index in [1.807, 2.05) is 0 Å². The summed E-state index contributed by atoms with van der Waals surface area (Å²) in [6.07, 6.45) is 2.93. The van der Waals surface area contributed by atoms with Gasteiger partial charge in [0.05, 0.1) is 17.8 Å². The van der Waals surface area contributed by atoms with Gasteiger partial charge in [-0.3, -0.25) is 4.98 Å². The number of carbonyl (C=O) groups is 1. The first-order chi connectivity index (χ1) is 9.06. The summed E-state index contributed by atoms with van der Waals surface area (Å²) in [6, 6.07) is 3.20. The lowest BCUT2D eigenvalue weighted by atomic mass is 10.1. The first-order valence-electron chi connectivity index (χ1n) is 5.19. The Balaban J connectivity index is 2.69. The highest BCUT2D eigenvalue weighted by Crippen LogP contribution is 2.31. The second-order valence-corrected chi connectivity index (χ2v) is 3.96. The quantitative estimate of drug-likeness (QED) is 0.855. The molecule has 0 radical (unpaired) electrons. The first kappa shape index (κ1) is 13.2. The fourth-order valence-corrected chi connectivity index (χ4v) is 1.69. The number of nitrogens with zero attached hydrogens (tertiary/aromatic N) is 2. The number of nitrogens with two attached hydrogens (primary N) is 1. The van der Waals surface area contributed by atoms with Crippen LogP contribution in [0.3, 0.4) is 0 Å². The van der Waals surface area contributed by atoms with Crippen molar-refractivity contribution in [3.63, 3.8) is 0 Å². The molecule has 0 aliphatic rings. The SMILES string of the molecule is COC(=O)c1nc(-c2cccnc2)c(F)c(N)c1Cl. The van der Waals surface area contributed by atoms with Crippen LogP contribution >= 0.6 is 11.6 Å². The van der Waals surface area contributed by atoms with Gasteiger partial charge >= 0.3 is 5.97 Å². The summed E-state index contributed by atoms with van der Waals surface area (Å²) in [4.78, 5) is 19.2. The van der Waals surface area contributed by atoms with E-state index in [2.05, 4.69) is 14.7 Å². The monoisotopic (exact) mass is 281 g/mol. The number of anilines is 1. The molecule has 0 aromatic carbocycles. The molecule has 0 spiro atoms. The first-order valence-corrected chi connectivity index (χ1v) is 5.57. The number of aromatic nitrogens is 2. The predicted molar refractivity (Wildman–Crippen MR) is 68.2 cm³/mol. The van der Waals surface area contributed by atoms with E-state index in [0.29, 0.717) is 5.56 Å². The Bertz CT molecular complexity index is 635. The number of hydrogen-bond acceptors (Lipinski definition) is 5. The van der Waals surface area contributed by atoms with E-state index in [4.69, 9.17) is 17.3 Å². The third-order valence-corrected chi connectivity index (χ3v) is 2.81. The molecule has 2 rings (SSSR count). The Hall–Kier alpha value is -2.21. The van der Waals surface area contributed by atoms with Gasteiger partial charge in [0.15, 0.2) is 11.5 Å². The molecule has 0 atom stereocenters. The van der Waals surface area contributed by atoms with E-state index < -0.39 is 11.8 Å². The Morgan fingerprint density at radius 3 is 2.84 bits per heavy atom. The van der Waals surface area contributed by atoms with Crippen LogP contribution < -0.4 is 5.73 Å². The van der Waals surface area contributed by atoms with Gasteiger partial charge < -0.3 is 10.5 Å². The molecule has 7 heteroatoms. The van der Waals surface area contributed by atoms with Gasteiger partial charge in [0.2, 0.25) is 0 Å². The van der Waals surface area contributed by atoms with E-state index in [1.165, 1.54) is 19.5 Å². The molecule has 0 fully saturated rings. The highest BCUT2D eigenvalue weighted by molar-refractivity contribution is 6.35. The molecule has 19 heavy (non-hydrogen) atoms. The van der Waals surface area contributed by atoms with Crippen molar-refractivity contribution >= 4 is 23.3 Å². The van der Waals surface area contributed by atoms with E-state index >= 15 is 0 Å². The minimum Gasteiger partial charge on any atom is -0.464 e. The van der Waals surface area contributed by atoms with E-state index in [0.717, 1.165) is 0 Å². The fourth-order valence-electron chi connectivity index (χ4n) is 1.49. The molecule has 0 bridgehead atoms. The summed E-state index contributed by atoms with van der Waals surface area (Å²) in [5.74, 6) is -1.59. The number of halogens is 2. The topological polar surface area (TPSA) is 78.1 Å². The van der Waals surface area contributed by atoms with Crippen LogP contribution in [0.2, 0.25) is 5.02 Å². The van der Waals surface area contributed by atoms with Gasteiger partial charge in [-0.05, 0) is 12.1 Å². The van der Waals surface area contributed by atoms with Gasteiger partial charge in [0.1, 0.15) is 5.69 Å². The molecule has 0 aliphatic carbocycles. The van der Waals surface area contributed by atoms with Crippen LogP contribution in [0.4, 0.5) is 10.1 Å². The minimum atomic E-state index is -0.800. The summed E-state index contributed by atoms with van der Waals surface area (Å²) in [5.41, 5.74) is 5.23. The molecule has 0 unspecified atom stereocenters. The molecule has 2 aromatic rings. The van der Waals surface area contributed by atoms with Crippen LogP contribution in [0.15, 0.2) is 24.5 Å². The van der Waals surface area contributed by atoms with Crippen LogP contribution in [0.25, 0.3) is 11.3 Å². The summed E-state index contributed by atoms with van der Waals surface area (Å²) >= 11 is 5.79. The lowest BCUT2D eigenvalue weighted by Gasteiger charge is -2.10. The van der Waals surface area contributed by atoms with Crippen molar-refractivity contribution in [1.29, 1.82) is 0 Å². The number of hydrogen-bond donors (Lipinski definition) is 1. The largest absolute Gasteiger partial charge is 0.464 e. The average molecular weight is 282 g/mol. The third-order valence-electron chi connectivity index (χ3n) is 2.43. The van der Waals surface area contributed by atoms with Crippen molar-refractivity contribution in [2.45, 2.75) is 0 Å². The molecule has 98 valence electrons. The lowest BCUT2D eigenvalue weighted by molar-refractivity contribution is 0.0594. The van der Waals surface area contributed by atoms with Crippen LogP contribution in [-0.2, 0) is 4.74 Å². The van der Waals surface area contributed by atoms with E-state index in [-0.39, 0.29) is 22.1 Å². The smallest absolute Gasteiger partial charge is 0.358 e. The van der Waals surface area contributed by atoms with Gasteiger partial charge in [-0.25, -0.2) is 14.2 Å². The highest BCUT2D eigenvalue weighted by atomic mass is 35.5. The molecular formula is C12H9ClFN3O2. The summed E-state index contributed by atoms with van der Waals surface area (Å²) in [6.45, 7) is 0. The summed E-state index contributed by atoms with van der Waals surface area (Å²) < 4.78 is 18.6. The van der Waals surface area contributed by atoms with Crippen LogP contribution in [-0.4, -0.2) is 23.0 Å². The molecule has 2 N–H and O–H groups in total. The summed E-state index contributed by atoms with van der Waals surface area (Å²) in [5, 5.41) is -0.267. The molecule has 0 aliphatic heterocycles. The Morgan fingerprint density at radius 1 is 1.53 bits per heavy atom. The van der Waals surface area contributed by atoms with Crippen LogP contribution in [0, 0.1) is 5.82 Å². The van der Waals surface area contributed by atoms with Crippen molar-refractivity contribution in [1.82, 2.24) is 9.97 Å². The number of rotatable bonds is 2. The maximum Gasteiger partial charge on any atom is 0.358 e. The zero-order chi connectivity index (χ0) is 14.0. The predicted octanol–water partition coefficient (Wildman–Crippen LogP) is 2.30. The van der Waals surface area contributed by atoms with Crippen LogP contribution in [0.5, 0.6) is 0 Å². The average Bonchev–Trinajstić information content (AvgIpc) is 2.45. The molecule has 2 aromatic heterocycles. The zero-order valence-electron chi connectivity index (χ0n) is 9.85. The third kappa shape index (κ3) is 2.34. The van der Waals surface area contributed by atoms with E-state index in [1.54, 1.807) is 12.1 Å². The second kappa shape index (κ2) is 5.19. The van der Waals surface area contributed by atoms with Gasteiger partial charge in [-0.2, -0.15) is 0 Å². The van der Waals surface area contributed by atoms with E-state index in [9.17, 15) is 9.18 Å². The maximum atomic E-state index is 14.0. The Kier molecular flexibility index (Phi) is 3.62.